The molecule has 0 spiro atoms. The van der Waals surface area contributed by atoms with Crippen LogP contribution >= 0.6 is 0 Å². The summed E-state index contributed by atoms with van der Waals surface area (Å²) in [5.74, 6) is -0.286. The van der Waals surface area contributed by atoms with Crippen molar-refractivity contribution in [2.24, 2.45) is 5.73 Å². The molecule has 4 nitrogen and oxygen atoms in total. The number of halogens is 1. The molecule has 0 aliphatic carbocycles. The van der Waals surface area contributed by atoms with E-state index in [2.05, 4.69) is 4.98 Å². The Balaban J connectivity index is 2.28. The highest BCUT2D eigenvalue weighted by atomic mass is 19.1. The molecule has 0 saturated carbocycles. The maximum absolute atomic E-state index is 12.7. The van der Waals surface area contributed by atoms with Gasteiger partial charge in [0.2, 0.25) is 0 Å². The monoisotopic (exact) mass is 221 g/mol. The van der Waals surface area contributed by atoms with Gasteiger partial charge in [0.05, 0.1) is 12.0 Å². The summed E-state index contributed by atoms with van der Waals surface area (Å²) in [7, 11) is 0. The van der Waals surface area contributed by atoms with Crippen LogP contribution in [0.1, 0.15) is 11.8 Å². The molecule has 1 atom stereocenters. The van der Waals surface area contributed by atoms with Gasteiger partial charge in [0, 0.05) is 18.4 Å². The average molecular weight is 221 g/mol. The van der Waals surface area contributed by atoms with Crippen molar-refractivity contribution in [2.75, 3.05) is 6.54 Å². The molecule has 0 saturated heterocycles. The third-order valence-electron chi connectivity index (χ3n) is 2.29. The number of hydrogen-bond donors (Lipinski definition) is 2. The molecule has 1 aromatic carbocycles. The van der Waals surface area contributed by atoms with Crippen molar-refractivity contribution >= 4 is 0 Å². The fourth-order valence-corrected chi connectivity index (χ4v) is 1.39. The third kappa shape index (κ3) is 2.10. The molecule has 0 radical (unpaired) electrons. The minimum Gasteiger partial charge on any atom is -0.385 e. The van der Waals surface area contributed by atoms with E-state index >= 15 is 0 Å². The molecule has 16 heavy (non-hydrogen) atoms. The van der Waals surface area contributed by atoms with Gasteiger partial charge >= 0.3 is 0 Å². The molecule has 5 heteroatoms. The van der Waals surface area contributed by atoms with E-state index in [1.807, 2.05) is 0 Å². The van der Waals surface area contributed by atoms with Crippen LogP contribution in [0.15, 0.2) is 36.8 Å². The standard InChI is InChI=1S/C11H12FN3O/c12-8-1-3-9(4-2-8)15-6-10(14-7-15)11(16)5-13/h1-4,6-7,11,16H,5,13H2. The molecule has 2 aromatic rings. The topological polar surface area (TPSA) is 64.1 Å². The quantitative estimate of drug-likeness (QED) is 0.812. The predicted octanol–water partition coefficient (Wildman–Crippen LogP) is 1.00. The van der Waals surface area contributed by atoms with Crippen LogP contribution in [0.2, 0.25) is 0 Å². The van der Waals surface area contributed by atoms with Gasteiger partial charge < -0.3 is 15.4 Å². The van der Waals surface area contributed by atoms with Crippen LogP contribution in [-0.4, -0.2) is 21.2 Å². The van der Waals surface area contributed by atoms with Gasteiger partial charge in [-0.3, -0.25) is 0 Å². The second-order valence-corrected chi connectivity index (χ2v) is 3.43. The van der Waals surface area contributed by atoms with Crippen molar-refractivity contribution in [1.29, 1.82) is 0 Å². The summed E-state index contributed by atoms with van der Waals surface area (Å²) in [6, 6.07) is 6.01. The molecule has 0 aliphatic rings. The number of hydrogen-bond acceptors (Lipinski definition) is 3. The number of aromatic nitrogens is 2. The number of rotatable bonds is 3. The highest BCUT2D eigenvalue weighted by Gasteiger charge is 2.08. The first-order valence-electron chi connectivity index (χ1n) is 4.88. The van der Waals surface area contributed by atoms with Crippen molar-refractivity contribution in [2.45, 2.75) is 6.10 Å². The summed E-state index contributed by atoms with van der Waals surface area (Å²) in [5, 5.41) is 9.47. The molecule has 0 aliphatic heterocycles. The van der Waals surface area contributed by atoms with Crippen LogP contribution in [-0.2, 0) is 0 Å². The first-order valence-corrected chi connectivity index (χ1v) is 4.88. The number of benzene rings is 1. The second kappa shape index (κ2) is 4.42. The normalized spacial score (nSPS) is 12.7. The van der Waals surface area contributed by atoms with Gasteiger partial charge in [-0.15, -0.1) is 0 Å². The smallest absolute Gasteiger partial charge is 0.123 e. The van der Waals surface area contributed by atoms with Gasteiger partial charge in [-0.1, -0.05) is 0 Å². The lowest BCUT2D eigenvalue weighted by Gasteiger charge is -2.03. The Bertz CT molecular complexity index is 466. The maximum atomic E-state index is 12.7. The summed E-state index contributed by atoms with van der Waals surface area (Å²) in [5.41, 5.74) is 6.61. The Kier molecular flexibility index (Phi) is 2.98. The fraction of sp³-hybridized carbons (Fsp3) is 0.182. The SMILES string of the molecule is NCC(O)c1cn(-c2ccc(F)cc2)cn1. The summed E-state index contributed by atoms with van der Waals surface area (Å²) < 4.78 is 14.4. The lowest BCUT2D eigenvalue weighted by molar-refractivity contribution is 0.182. The Labute approximate surface area is 92.2 Å². The van der Waals surface area contributed by atoms with Gasteiger partial charge in [-0.25, -0.2) is 9.37 Å². The molecule has 1 heterocycles. The molecule has 84 valence electrons. The van der Waals surface area contributed by atoms with E-state index in [-0.39, 0.29) is 12.4 Å². The summed E-state index contributed by atoms with van der Waals surface area (Å²) in [6.07, 6.45) is 2.47. The van der Waals surface area contributed by atoms with Crippen molar-refractivity contribution in [3.63, 3.8) is 0 Å². The van der Waals surface area contributed by atoms with Crippen molar-refractivity contribution in [1.82, 2.24) is 9.55 Å². The molecule has 2 rings (SSSR count). The van der Waals surface area contributed by atoms with E-state index < -0.39 is 6.10 Å². The molecule has 0 fully saturated rings. The highest BCUT2D eigenvalue weighted by molar-refractivity contribution is 5.32. The van der Waals surface area contributed by atoms with Crippen LogP contribution in [0, 0.1) is 5.82 Å². The zero-order valence-electron chi connectivity index (χ0n) is 8.55. The van der Waals surface area contributed by atoms with Crippen LogP contribution in [0.5, 0.6) is 0 Å². The maximum Gasteiger partial charge on any atom is 0.123 e. The summed E-state index contributed by atoms with van der Waals surface area (Å²) in [4.78, 5) is 4.02. The van der Waals surface area contributed by atoms with Gasteiger partial charge in [-0.05, 0) is 24.3 Å². The van der Waals surface area contributed by atoms with E-state index in [1.54, 1.807) is 29.2 Å². The number of imidazole rings is 1. The average Bonchev–Trinajstić information content (AvgIpc) is 2.78. The van der Waals surface area contributed by atoms with E-state index in [4.69, 9.17) is 5.73 Å². The van der Waals surface area contributed by atoms with Crippen LogP contribution in [0.4, 0.5) is 4.39 Å². The molecular formula is C11H12FN3O. The van der Waals surface area contributed by atoms with Gasteiger partial charge in [0.15, 0.2) is 0 Å². The predicted molar refractivity (Wildman–Crippen MR) is 57.5 cm³/mol. The zero-order chi connectivity index (χ0) is 11.5. The van der Waals surface area contributed by atoms with Crippen LogP contribution in [0.25, 0.3) is 5.69 Å². The molecular weight excluding hydrogens is 209 g/mol. The Hall–Kier alpha value is -1.72. The molecule has 0 amide bonds. The Morgan fingerprint density at radius 1 is 1.38 bits per heavy atom. The first kappa shape index (κ1) is 10.8. The molecule has 3 N–H and O–H groups in total. The van der Waals surface area contributed by atoms with Crippen molar-refractivity contribution in [3.8, 4) is 5.69 Å². The molecule has 0 bridgehead atoms. The van der Waals surface area contributed by atoms with E-state index in [0.29, 0.717) is 5.69 Å². The Morgan fingerprint density at radius 3 is 2.69 bits per heavy atom. The minimum atomic E-state index is -0.762. The number of aliphatic hydroxyl groups excluding tert-OH is 1. The van der Waals surface area contributed by atoms with Crippen LogP contribution < -0.4 is 5.73 Å². The number of nitrogens with two attached hydrogens (primary N) is 1. The van der Waals surface area contributed by atoms with E-state index in [1.165, 1.54) is 12.1 Å². The lowest BCUT2D eigenvalue weighted by atomic mass is 10.3. The highest BCUT2D eigenvalue weighted by Crippen LogP contribution is 2.13. The molecule has 1 unspecified atom stereocenters. The number of nitrogens with zero attached hydrogens (tertiary/aromatic N) is 2. The number of aliphatic hydroxyl groups is 1. The van der Waals surface area contributed by atoms with Gasteiger partial charge in [-0.2, -0.15) is 0 Å². The largest absolute Gasteiger partial charge is 0.385 e. The van der Waals surface area contributed by atoms with E-state index in [0.717, 1.165) is 5.69 Å². The first-order chi connectivity index (χ1) is 7.70. The zero-order valence-corrected chi connectivity index (χ0v) is 8.55. The fourth-order valence-electron chi connectivity index (χ4n) is 1.39. The summed E-state index contributed by atoms with van der Waals surface area (Å²) >= 11 is 0. The third-order valence-corrected chi connectivity index (χ3v) is 2.29. The van der Waals surface area contributed by atoms with Crippen LogP contribution in [0.3, 0.4) is 0 Å². The minimum absolute atomic E-state index is 0.125. The second-order valence-electron chi connectivity index (χ2n) is 3.43. The van der Waals surface area contributed by atoms with Crippen molar-refractivity contribution < 1.29 is 9.50 Å². The lowest BCUT2D eigenvalue weighted by Crippen LogP contribution is -2.11. The van der Waals surface area contributed by atoms with Gasteiger partial charge in [0.1, 0.15) is 11.9 Å². The summed E-state index contributed by atoms with van der Waals surface area (Å²) in [6.45, 7) is 0.125. The van der Waals surface area contributed by atoms with Gasteiger partial charge in [0.25, 0.3) is 0 Å². The molecule has 1 aromatic heterocycles. The van der Waals surface area contributed by atoms with E-state index in [9.17, 15) is 9.50 Å². The van der Waals surface area contributed by atoms with Crippen molar-refractivity contribution in [3.05, 3.63) is 48.3 Å². The Morgan fingerprint density at radius 2 is 2.06 bits per heavy atom.